The number of fused-ring (bicyclic) bond motifs is 1. The van der Waals surface area contributed by atoms with Gasteiger partial charge >= 0.3 is 5.97 Å². The number of ether oxygens (including phenoxy) is 1. The standard InChI is InChI=1S/C26H31N3O5/c1-17-12-18(2)15-28(14-17)23-11-10-20(13-24(23)29(32)33)26(31)34-16-25(30)27-22-9-5-7-19-6-3-4-8-21(19)22/h3-4,6,8,10-11,13,17-18,22H,5,7,9,12,14-16H2,1-2H3,(H,27,30)/t17-,18+,22-/m0/s1. The Morgan fingerprint density at radius 1 is 1.15 bits per heavy atom. The molecule has 1 fully saturated rings. The maximum Gasteiger partial charge on any atom is 0.338 e. The van der Waals surface area contributed by atoms with Crippen molar-refractivity contribution in [1.82, 2.24) is 5.32 Å². The maximum absolute atomic E-state index is 12.6. The first-order chi connectivity index (χ1) is 16.3. The van der Waals surface area contributed by atoms with Gasteiger partial charge in [-0.2, -0.15) is 0 Å². The SMILES string of the molecule is C[C@@H]1C[C@H](C)CN(c2ccc(C(=O)OCC(=O)N[C@H]3CCCc4ccccc43)cc2[N+](=O)[O-])C1. The van der Waals surface area contributed by atoms with Crippen LogP contribution in [0.25, 0.3) is 0 Å². The van der Waals surface area contributed by atoms with Gasteiger partial charge in [0.05, 0.1) is 16.5 Å². The Morgan fingerprint density at radius 2 is 1.88 bits per heavy atom. The highest BCUT2D eigenvalue weighted by atomic mass is 16.6. The van der Waals surface area contributed by atoms with Crippen molar-refractivity contribution in [2.24, 2.45) is 11.8 Å². The number of nitrogens with zero attached hydrogens (tertiary/aromatic N) is 2. The van der Waals surface area contributed by atoms with Crippen LogP contribution < -0.4 is 10.2 Å². The molecule has 180 valence electrons. The van der Waals surface area contributed by atoms with Crippen LogP contribution in [0.1, 0.15) is 60.6 Å². The lowest BCUT2D eigenvalue weighted by atomic mass is 9.88. The first kappa shape index (κ1) is 23.7. The third-order valence-corrected chi connectivity index (χ3v) is 6.66. The van der Waals surface area contributed by atoms with E-state index >= 15 is 0 Å². The third-order valence-electron chi connectivity index (χ3n) is 6.66. The molecule has 2 aromatic carbocycles. The van der Waals surface area contributed by atoms with E-state index in [4.69, 9.17) is 4.74 Å². The van der Waals surface area contributed by atoms with Crippen LogP contribution in [-0.4, -0.2) is 36.5 Å². The zero-order chi connectivity index (χ0) is 24.2. The molecule has 8 nitrogen and oxygen atoms in total. The molecule has 34 heavy (non-hydrogen) atoms. The van der Waals surface area contributed by atoms with E-state index < -0.39 is 23.4 Å². The first-order valence-corrected chi connectivity index (χ1v) is 11.9. The number of carbonyl (C=O) groups is 2. The van der Waals surface area contributed by atoms with Crippen LogP contribution in [0.15, 0.2) is 42.5 Å². The third kappa shape index (κ3) is 5.38. The van der Waals surface area contributed by atoms with Gasteiger partial charge in [0.1, 0.15) is 5.69 Å². The molecule has 0 saturated carbocycles. The second kappa shape index (κ2) is 10.2. The number of nitro groups is 1. The number of aryl methyl sites for hydroxylation is 1. The predicted molar refractivity (Wildman–Crippen MR) is 129 cm³/mol. The molecule has 1 saturated heterocycles. The van der Waals surface area contributed by atoms with Gasteiger partial charge in [0.25, 0.3) is 11.6 Å². The first-order valence-electron chi connectivity index (χ1n) is 11.9. The predicted octanol–water partition coefficient (Wildman–Crippen LogP) is 4.43. The van der Waals surface area contributed by atoms with Crippen molar-refractivity contribution >= 4 is 23.3 Å². The van der Waals surface area contributed by atoms with E-state index in [9.17, 15) is 19.7 Å². The highest BCUT2D eigenvalue weighted by Crippen LogP contribution is 2.34. The summed E-state index contributed by atoms with van der Waals surface area (Å²) in [5.74, 6) is -0.281. The van der Waals surface area contributed by atoms with Crippen molar-refractivity contribution < 1.29 is 19.2 Å². The zero-order valence-electron chi connectivity index (χ0n) is 19.7. The Bertz CT molecular complexity index is 1080. The minimum absolute atomic E-state index is 0.0596. The fraction of sp³-hybridized carbons (Fsp3) is 0.462. The van der Waals surface area contributed by atoms with E-state index in [1.807, 2.05) is 23.1 Å². The van der Waals surface area contributed by atoms with Crippen molar-refractivity contribution in [3.63, 3.8) is 0 Å². The Hall–Kier alpha value is -3.42. The van der Waals surface area contributed by atoms with Gasteiger partial charge in [-0.3, -0.25) is 14.9 Å². The number of amides is 1. The number of piperidine rings is 1. The molecule has 0 aromatic heterocycles. The molecule has 0 bridgehead atoms. The van der Waals surface area contributed by atoms with Crippen LogP contribution in [-0.2, 0) is 16.0 Å². The molecular formula is C26H31N3O5. The average molecular weight is 466 g/mol. The van der Waals surface area contributed by atoms with Gasteiger partial charge in [0.15, 0.2) is 6.61 Å². The lowest BCUT2D eigenvalue weighted by molar-refractivity contribution is -0.384. The fourth-order valence-corrected chi connectivity index (χ4v) is 5.28. The molecule has 8 heteroatoms. The number of benzene rings is 2. The minimum Gasteiger partial charge on any atom is -0.452 e. The second-order valence-corrected chi connectivity index (χ2v) is 9.60. The molecule has 0 radical (unpaired) electrons. The molecule has 2 aliphatic rings. The smallest absolute Gasteiger partial charge is 0.338 e. The lowest BCUT2D eigenvalue weighted by Crippen LogP contribution is -2.39. The second-order valence-electron chi connectivity index (χ2n) is 9.60. The van der Waals surface area contributed by atoms with Crippen LogP contribution in [0.4, 0.5) is 11.4 Å². The molecule has 1 amide bonds. The van der Waals surface area contributed by atoms with E-state index in [0.717, 1.165) is 44.3 Å². The Morgan fingerprint density at radius 3 is 2.62 bits per heavy atom. The molecule has 3 atom stereocenters. The Balaban J connectivity index is 1.40. The number of carbonyl (C=O) groups excluding carboxylic acids is 2. The summed E-state index contributed by atoms with van der Waals surface area (Å²) in [6, 6.07) is 12.3. The Labute approximate surface area is 199 Å². The van der Waals surface area contributed by atoms with Gasteiger partial charge < -0.3 is 15.0 Å². The summed E-state index contributed by atoms with van der Waals surface area (Å²) in [5, 5.41) is 14.7. The number of nitro benzene ring substituents is 1. The highest BCUT2D eigenvalue weighted by Gasteiger charge is 2.28. The quantitative estimate of drug-likeness (QED) is 0.385. The fourth-order valence-electron chi connectivity index (χ4n) is 5.28. The van der Waals surface area contributed by atoms with E-state index in [0.29, 0.717) is 17.5 Å². The number of esters is 1. The summed E-state index contributed by atoms with van der Waals surface area (Å²) in [4.78, 5) is 38.3. The Kier molecular flexibility index (Phi) is 7.14. The molecule has 0 unspecified atom stereocenters. The average Bonchev–Trinajstić information content (AvgIpc) is 2.81. The van der Waals surface area contributed by atoms with E-state index in [-0.39, 0.29) is 17.3 Å². The van der Waals surface area contributed by atoms with Crippen molar-refractivity contribution in [1.29, 1.82) is 0 Å². The highest BCUT2D eigenvalue weighted by molar-refractivity contribution is 5.93. The summed E-state index contributed by atoms with van der Waals surface area (Å²) in [6.07, 6.45) is 3.88. The molecule has 1 N–H and O–H groups in total. The van der Waals surface area contributed by atoms with Crippen LogP contribution >= 0.6 is 0 Å². The minimum atomic E-state index is -0.755. The van der Waals surface area contributed by atoms with Gasteiger partial charge in [-0.15, -0.1) is 0 Å². The van der Waals surface area contributed by atoms with Crippen molar-refractivity contribution in [3.05, 3.63) is 69.3 Å². The molecule has 4 rings (SSSR count). The largest absolute Gasteiger partial charge is 0.452 e. The molecule has 2 aromatic rings. The van der Waals surface area contributed by atoms with Gasteiger partial charge in [0, 0.05) is 19.2 Å². The number of nitrogens with one attached hydrogen (secondary N) is 1. The van der Waals surface area contributed by atoms with Crippen LogP contribution in [0.2, 0.25) is 0 Å². The van der Waals surface area contributed by atoms with Crippen molar-refractivity contribution in [3.8, 4) is 0 Å². The summed E-state index contributed by atoms with van der Waals surface area (Å²) in [6.45, 7) is 5.31. The normalized spacial score (nSPS) is 21.9. The number of rotatable bonds is 6. The molecule has 1 aliphatic carbocycles. The van der Waals surface area contributed by atoms with E-state index in [2.05, 4.69) is 25.2 Å². The van der Waals surface area contributed by atoms with Crippen LogP contribution in [0.3, 0.4) is 0 Å². The summed E-state index contributed by atoms with van der Waals surface area (Å²) in [5.41, 5.74) is 2.76. The van der Waals surface area contributed by atoms with E-state index in [1.165, 1.54) is 17.7 Å². The zero-order valence-corrected chi connectivity index (χ0v) is 19.7. The number of hydrogen-bond acceptors (Lipinski definition) is 6. The van der Waals surface area contributed by atoms with Gasteiger partial charge in [-0.25, -0.2) is 4.79 Å². The molecule has 1 heterocycles. The monoisotopic (exact) mass is 465 g/mol. The van der Waals surface area contributed by atoms with Crippen LogP contribution in [0, 0.1) is 22.0 Å². The number of hydrogen-bond donors (Lipinski definition) is 1. The topological polar surface area (TPSA) is 102 Å². The van der Waals surface area contributed by atoms with Crippen LogP contribution in [0.5, 0.6) is 0 Å². The molecular weight excluding hydrogens is 434 g/mol. The maximum atomic E-state index is 12.6. The van der Waals surface area contributed by atoms with Crippen molar-refractivity contribution in [2.75, 3.05) is 24.6 Å². The van der Waals surface area contributed by atoms with Gasteiger partial charge in [0.2, 0.25) is 0 Å². The van der Waals surface area contributed by atoms with E-state index in [1.54, 1.807) is 6.07 Å². The summed E-state index contributed by atoms with van der Waals surface area (Å²) < 4.78 is 5.19. The summed E-state index contributed by atoms with van der Waals surface area (Å²) in [7, 11) is 0. The number of anilines is 1. The van der Waals surface area contributed by atoms with Gasteiger partial charge in [-0.1, -0.05) is 38.1 Å². The molecule has 0 spiro atoms. The molecule has 1 aliphatic heterocycles. The van der Waals surface area contributed by atoms with Gasteiger partial charge in [-0.05, 0) is 60.8 Å². The summed E-state index contributed by atoms with van der Waals surface area (Å²) >= 11 is 0. The van der Waals surface area contributed by atoms with Crippen molar-refractivity contribution in [2.45, 2.75) is 45.6 Å². The lowest BCUT2D eigenvalue weighted by Gasteiger charge is -2.36.